The van der Waals surface area contributed by atoms with Crippen molar-refractivity contribution in [3.05, 3.63) is 59.5 Å². The molecule has 1 N–H and O–H groups in total. The fraction of sp³-hybridized carbons (Fsp3) is 0.407. The van der Waals surface area contributed by atoms with Crippen LogP contribution in [0.15, 0.2) is 63.7 Å². The van der Waals surface area contributed by atoms with Crippen LogP contribution in [0.2, 0.25) is 0 Å². The van der Waals surface area contributed by atoms with Crippen LogP contribution in [0.3, 0.4) is 0 Å². The second-order valence-corrected chi connectivity index (χ2v) is 14.4. The van der Waals surface area contributed by atoms with Gasteiger partial charge in [0.15, 0.2) is 10.9 Å². The van der Waals surface area contributed by atoms with Gasteiger partial charge in [-0.1, -0.05) is 25.0 Å². The number of hydrogen-bond donors (Lipinski definition) is 1. The third-order valence-corrected chi connectivity index (χ3v) is 11.7. The summed E-state index contributed by atoms with van der Waals surface area (Å²) < 4.78 is 59.8. The van der Waals surface area contributed by atoms with Gasteiger partial charge in [-0.25, -0.2) is 21.8 Å². The molecule has 2 saturated heterocycles. The van der Waals surface area contributed by atoms with Crippen LogP contribution >= 0.6 is 11.3 Å². The van der Waals surface area contributed by atoms with Crippen molar-refractivity contribution in [2.75, 3.05) is 51.3 Å². The van der Waals surface area contributed by atoms with Crippen molar-refractivity contribution in [2.24, 2.45) is 0 Å². The Morgan fingerprint density at radius 2 is 1.35 bits per heavy atom. The summed E-state index contributed by atoms with van der Waals surface area (Å²) in [7, 11) is -7.14. The lowest BCUT2D eigenvalue weighted by atomic mass is 10.1. The van der Waals surface area contributed by atoms with Crippen molar-refractivity contribution >= 4 is 42.3 Å². The van der Waals surface area contributed by atoms with Crippen molar-refractivity contribution in [1.29, 1.82) is 0 Å². The number of nitrogens with zero attached hydrogens (tertiary/aromatic N) is 3. The quantitative estimate of drug-likeness (QED) is 0.367. The van der Waals surface area contributed by atoms with E-state index in [2.05, 4.69) is 10.3 Å². The maximum atomic E-state index is 13.0. The Morgan fingerprint density at radius 1 is 0.800 bits per heavy atom. The summed E-state index contributed by atoms with van der Waals surface area (Å²) in [5, 5.41) is 5.42. The molecule has 2 fully saturated rings. The largest absolute Gasteiger partial charge is 0.379 e. The van der Waals surface area contributed by atoms with E-state index in [4.69, 9.17) is 4.74 Å². The highest BCUT2D eigenvalue weighted by Gasteiger charge is 2.27. The molecule has 40 heavy (non-hydrogen) atoms. The number of anilines is 1. The number of benzene rings is 2. The second kappa shape index (κ2) is 12.5. The summed E-state index contributed by atoms with van der Waals surface area (Å²) in [6, 6.07) is 12.7. The minimum atomic E-state index is -3.62. The van der Waals surface area contributed by atoms with Gasteiger partial charge in [0.05, 0.1) is 35.2 Å². The first-order chi connectivity index (χ1) is 19.2. The maximum Gasteiger partial charge on any atom is 0.243 e. The normalized spacial score (nSPS) is 17.8. The van der Waals surface area contributed by atoms with Gasteiger partial charge in [0.1, 0.15) is 0 Å². The predicted octanol–water partition coefficient (Wildman–Crippen LogP) is 3.69. The number of rotatable bonds is 9. The second-order valence-electron chi connectivity index (χ2n) is 9.70. The molecule has 214 valence electrons. The Morgan fingerprint density at radius 3 is 1.95 bits per heavy atom. The number of aromatic nitrogens is 1. The van der Waals surface area contributed by atoms with E-state index in [0.717, 1.165) is 31.2 Å². The van der Waals surface area contributed by atoms with Crippen LogP contribution in [0.1, 0.15) is 36.0 Å². The lowest BCUT2D eigenvalue weighted by Gasteiger charge is -2.26. The standard InChI is InChI=1S/C27H32N4O6S3/c32-26(22-7-11-24(12-8-22)40(35,36)31-15-17-37-18-16-31)19-28-27-29-25(20-38-27)21-5-9-23(10-6-21)39(33,34)30-13-3-1-2-4-14-30/h5-12,20H,1-4,13-19H2,(H,28,29). The molecule has 0 spiro atoms. The third kappa shape index (κ3) is 6.45. The number of hydrogen-bond acceptors (Lipinski definition) is 9. The van der Waals surface area contributed by atoms with Crippen LogP contribution in [0.4, 0.5) is 5.13 Å². The van der Waals surface area contributed by atoms with Gasteiger partial charge in [-0.05, 0) is 49.2 Å². The van der Waals surface area contributed by atoms with Gasteiger partial charge >= 0.3 is 0 Å². The van der Waals surface area contributed by atoms with Crippen molar-refractivity contribution in [3.8, 4) is 11.3 Å². The smallest absolute Gasteiger partial charge is 0.243 e. The molecule has 3 heterocycles. The molecule has 0 aliphatic carbocycles. The molecule has 2 aliphatic heterocycles. The molecular weight excluding hydrogens is 573 g/mol. The van der Waals surface area contributed by atoms with Gasteiger partial charge in [0, 0.05) is 42.7 Å². The van der Waals surface area contributed by atoms with Crippen LogP contribution in [0.25, 0.3) is 11.3 Å². The van der Waals surface area contributed by atoms with E-state index in [-0.39, 0.29) is 22.1 Å². The zero-order valence-corrected chi connectivity index (χ0v) is 24.4. The van der Waals surface area contributed by atoms with Crippen LogP contribution in [0.5, 0.6) is 0 Å². The fourth-order valence-electron chi connectivity index (χ4n) is 4.72. The summed E-state index contributed by atoms with van der Waals surface area (Å²) in [6.07, 6.45) is 3.89. The Balaban J connectivity index is 1.18. The molecule has 0 unspecified atom stereocenters. The molecule has 2 aromatic carbocycles. The van der Waals surface area contributed by atoms with Crippen molar-refractivity contribution in [2.45, 2.75) is 35.5 Å². The number of ether oxygens (including phenoxy) is 1. The highest BCUT2D eigenvalue weighted by molar-refractivity contribution is 7.89. The summed E-state index contributed by atoms with van der Waals surface area (Å²) in [5.41, 5.74) is 1.85. The number of thiazole rings is 1. The molecule has 2 aliphatic rings. The Labute approximate surface area is 239 Å². The average molecular weight is 605 g/mol. The molecule has 10 nitrogen and oxygen atoms in total. The van der Waals surface area contributed by atoms with Gasteiger partial charge in [-0.2, -0.15) is 8.61 Å². The minimum Gasteiger partial charge on any atom is -0.379 e. The first kappa shape index (κ1) is 28.8. The number of ketones is 1. The molecule has 1 aromatic heterocycles. The third-order valence-electron chi connectivity index (χ3n) is 7.04. The van der Waals surface area contributed by atoms with Crippen molar-refractivity contribution in [1.82, 2.24) is 13.6 Å². The molecular formula is C27H32N4O6S3. The lowest BCUT2D eigenvalue weighted by Crippen LogP contribution is -2.40. The fourth-order valence-corrected chi connectivity index (χ4v) is 8.37. The average Bonchev–Trinajstić information content (AvgIpc) is 3.28. The predicted molar refractivity (Wildman–Crippen MR) is 154 cm³/mol. The van der Waals surface area contributed by atoms with Crippen molar-refractivity contribution in [3.63, 3.8) is 0 Å². The van der Waals surface area contributed by atoms with E-state index >= 15 is 0 Å². The molecule has 13 heteroatoms. The Bertz CT molecular complexity index is 1520. The first-order valence-electron chi connectivity index (χ1n) is 13.3. The topological polar surface area (TPSA) is 126 Å². The van der Waals surface area contributed by atoms with E-state index < -0.39 is 20.0 Å². The van der Waals surface area contributed by atoms with Crippen LogP contribution < -0.4 is 5.32 Å². The molecule has 0 bridgehead atoms. The number of morpholine rings is 1. The minimum absolute atomic E-state index is 0.00443. The number of sulfonamides is 2. The zero-order chi connectivity index (χ0) is 28.2. The highest BCUT2D eigenvalue weighted by atomic mass is 32.2. The SMILES string of the molecule is O=C(CNc1nc(-c2ccc(S(=O)(=O)N3CCCCCC3)cc2)cs1)c1ccc(S(=O)(=O)N2CCOCC2)cc1. The lowest BCUT2D eigenvalue weighted by molar-refractivity contribution is 0.0730. The first-order valence-corrected chi connectivity index (χ1v) is 17.0. The number of nitrogens with one attached hydrogen (secondary N) is 1. The van der Waals surface area contributed by atoms with E-state index in [9.17, 15) is 21.6 Å². The van der Waals surface area contributed by atoms with Gasteiger partial charge in [0.25, 0.3) is 0 Å². The monoisotopic (exact) mass is 604 g/mol. The van der Waals surface area contributed by atoms with Crippen molar-refractivity contribution < 1.29 is 26.4 Å². The number of carbonyl (C=O) groups is 1. The van der Waals surface area contributed by atoms with E-state index in [1.165, 1.54) is 39.9 Å². The molecule has 0 amide bonds. The molecule has 0 atom stereocenters. The summed E-state index contributed by atoms with van der Waals surface area (Å²) >= 11 is 1.34. The highest BCUT2D eigenvalue weighted by Crippen LogP contribution is 2.27. The van der Waals surface area contributed by atoms with E-state index in [1.54, 1.807) is 28.6 Å². The van der Waals surface area contributed by atoms with Crippen LogP contribution in [0, 0.1) is 0 Å². The molecule has 3 aromatic rings. The molecule has 0 radical (unpaired) electrons. The van der Waals surface area contributed by atoms with E-state index in [0.29, 0.717) is 55.8 Å². The number of carbonyl (C=O) groups excluding carboxylic acids is 1. The molecule has 0 saturated carbocycles. The van der Waals surface area contributed by atoms with Crippen LogP contribution in [-0.2, 0) is 24.8 Å². The van der Waals surface area contributed by atoms with Gasteiger partial charge in [-0.3, -0.25) is 4.79 Å². The van der Waals surface area contributed by atoms with Gasteiger partial charge in [-0.15, -0.1) is 11.3 Å². The van der Waals surface area contributed by atoms with E-state index in [1.807, 2.05) is 5.38 Å². The Kier molecular flexibility index (Phi) is 8.98. The van der Waals surface area contributed by atoms with Gasteiger partial charge in [0.2, 0.25) is 20.0 Å². The van der Waals surface area contributed by atoms with Gasteiger partial charge < -0.3 is 10.1 Å². The molecule has 5 rings (SSSR count). The summed E-state index contributed by atoms with van der Waals surface area (Å²) in [5.74, 6) is -0.199. The summed E-state index contributed by atoms with van der Waals surface area (Å²) in [6.45, 7) is 2.46. The number of Topliss-reactive ketones (excluding diaryl/α,β-unsaturated/α-hetero) is 1. The van der Waals surface area contributed by atoms with Crippen LogP contribution in [-0.4, -0.2) is 82.2 Å². The Hall–Kier alpha value is -2.68. The zero-order valence-electron chi connectivity index (χ0n) is 22.0. The summed E-state index contributed by atoms with van der Waals surface area (Å²) in [4.78, 5) is 17.7. The maximum absolute atomic E-state index is 13.0.